The van der Waals surface area contributed by atoms with Crippen LogP contribution in [0.5, 0.6) is 0 Å². The number of aromatic amines is 1. The standard InChI is InChI=1S/C18H30N2OSi/c1-13(2)22(14(3)4,15(5)6)21-10-8-16-11-20-18-12-19-9-7-17(16)18/h7,9,11-15,20H,8,10H2,1-6H3. The first-order valence-electron chi connectivity index (χ1n) is 8.43. The van der Waals surface area contributed by atoms with Crippen molar-refractivity contribution in [1.82, 2.24) is 9.97 Å². The van der Waals surface area contributed by atoms with E-state index in [1.807, 2.05) is 12.4 Å². The number of fused-ring (bicyclic) bond motifs is 1. The van der Waals surface area contributed by atoms with Crippen molar-refractivity contribution < 1.29 is 4.43 Å². The summed E-state index contributed by atoms with van der Waals surface area (Å²) in [5, 5.41) is 1.27. The van der Waals surface area contributed by atoms with Gasteiger partial charge < -0.3 is 9.41 Å². The molecule has 2 aromatic heterocycles. The van der Waals surface area contributed by atoms with E-state index in [2.05, 4.69) is 63.8 Å². The van der Waals surface area contributed by atoms with Gasteiger partial charge >= 0.3 is 0 Å². The Hall–Kier alpha value is -1.13. The highest BCUT2D eigenvalue weighted by atomic mass is 28.4. The van der Waals surface area contributed by atoms with Crippen LogP contribution in [0, 0.1) is 0 Å². The molecular weight excluding hydrogens is 288 g/mol. The van der Waals surface area contributed by atoms with Gasteiger partial charge in [0.2, 0.25) is 0 Å². The zero-order valence-corrected chi connectivity index (χ0v) is 15.8. The summed E-state index contributed by atoms with van der Waals surface area (Å²) in [5.74, 6) is 0. The third-order valence-corrected chi connectivity index (χ3v) is 11.1. The van der Waals surface area contributed by atoms with Crippen LogP contribution < -0.4 is 0 Å². The molecule has 0 spiro atoms. The summed E-state index contributed by atoms with van der Waals surface area (Å²) in [7, 11) is -1.75. The maximum Gasteiger partial charge on any atom is 0.200 e. The van der Waals surface area contributed by atoms with E-state index in [0.717, 1.165) is 18.5 Å². The first-order valence-corrected chi connectivity index (χ1v) is 10.6. The van der Waals surface area contributed by atoms with E-state index >= 15 is 0 Å². The molecule has 0 aliphatic carbocycles. The zero-order chi connectivity index (χ0) is 16.3. The van der Waals surface area contributed by atoms with Gasteiger partial charge in [0, 0.05) is 24.4 Å². The minimum absolute atomic E-state index is 0.639. The topological polar surface area (TPSA) is 37.9 Å². The van der Waals surface area contributed by atoms with E-state index < -0.39 is 8.32 Å². The molecule has 2 heterocycles. The Morgan fingerprint density at radius 2 is 1.73 bits per heavy atom. The molecule has 0 aromatic carbocycles. The number of H-pyrrole nitrogens is 1. The second kappa shape index (κ2) is 6.96. The van der Waals surface area contributed by atoms with Crippen molar-refractivity contribution in [2.75, 3.05) is 6.61 Å². The Labute approximate surface area is 135 Å². The van der Waals surface area contributed by atoms with Crippen LogP contribution in [0.2, 0.25) is 16.6 Å². The van der Waals surface area contributed by atoms with Gasteiger partial charge in [0.05, 0.1) is 11.7 Å². The van der Waals surface area contributed by atoms with Crippen molar-refractivity contribution in [3.05, 3.63) is 30.2 Å². The van der Waals surface area contributed by atoms with Gasteiger partial charge in [-0.3, -0.25) is 4.98 Å². The van der Waals surface area contributed by atoms with Crippen LogP contribution >= 0.6 is 0 Å². The van der Waals surface area contributed by atoms with Gasteiger partial charge in [0.1, 0.15) is 0 Å². The Bertz CT molecular complexity index is 582. The SMILES string of the molecule is CC(C)[Si](OCCc1c[nH]c2cnccc12)(C(C)C)C(C)C. The number of aromatic nitrogens is 2. The van der Waals surface area contributed by atoms with Gasteiger partial charge in [-0.2, -0.15) is 0 Å². The summed E-state index contributed by atoms with van der Waals surface area (Å²) in [6.45, 7) is 14.8. The molecule has 3 nitrogen and oxygen atoms in total. The first-order chi connectivity index (χ1) is 10.4. The van der Waals surface area contributed by atoms with E-state index in [1.165, 1.54) is 10.9 Å². The number of pyridine rings is 1. The van der Waals surface area contributed by atoms with Crippen LogP contribution in [0.3, 0.4) is 0 Å². The van der Waals surface area contributed by atoms with Crippen molar-refractivity contribution in [2.45, 2.75) is 64.6 Å². The molecule has 0 fully saturated rings. The predicted molar refractivity (Wildman–Crippen MR) is 96.8 cm³/mol. The molecule has 0 aliphatic rings. The Morgan fingerprint density at radius 1 is 1.09 bits per heavy atom. The molecule has 0 aliphatic heterocycles. The van der Waals surface area contributed by atoms with Crippen molar-refractivity contribution in [2.24, 2.45) is 0 Å². The Balaban J connectivity index is 2.10. The molecule has 0 atom stereocenters. The summed E-state index contributed by atoms with van der Waals surface area (Å²) in [6, 6.07) is 2.08. The Morgan fingerprint density at radius 3 is 2.32 bits per heavy atom. The quantitative estimate of drug-likeness (QED) is 0.704. The Kier molecular flexibility index (Phi) is 5.45. The molecule has 0 saturated carbocycles. The molecule has 0 amide bonds. The predicted octanol–water partition coefficient (Wildman–Crippen LogP) is 5.30. The monoisotopic (exact) mass is 318 g/mol. The zero-order valence-electron chi connectivity index (χ0n) is 14.8. The van der Waals surface area contributed by atoms with Crippen molar-refractivity contribution in [3.63, 3.8) is 0 Å². The lowest BCUT2D eigenvalue weighted by Gasteiger charge is -2.42. The molecule has 2 rings (SSSR count). The second-order valence-corrected chi connectivity index (χ2v) is 12.6. The van der Waals surface area contributed by atoms with Crippen LogP contribution in [-0.2, 0) is 10.8 Å². The highest BCUT2D eigenvalue weighted by Crippen LogP contribution is 2.42. The molecule has 0 bridgehead atoms. The highest BCUT2D eigenvalue weighted by Gasteiger charge is 2.44. The average Bonchev–Trinajstić information content (AvgIpc) is 2.85. The van der Waals surface area contributed by atoms with Crippen LogP contribution in [0.25, 0.3) is 10.9 Å². The molecular formula is C18H30N2OSi. The minimum Gasteiger partial charge on any atom is -0.416 e. The van der Waals surface area contributed by atoms with E-state index in [0.29, 0.717) is 16.6 Å². The summed E-state index contributed by atoms with van der Waals surface area (Å²) >= 11 is 0. The maximum absolute atomic E-state index is 6.65. The van der Waals surface area contributed by atoms with Gasteiger partial charge in [-0.05, 0) is 34.7 Å². The molecule has 0 radical (unpaired) electrons. The second-order valence-electron chi connectivity index (χ2n) is 7.15. The van der Waals surface area contributed by atoms with Gasteiger partial charge in [-0.1, -0.05) is 41.5 Å². The lowest BCUT2D eigenvalue weighted by Crippen LogP contribution is -2.48. The third-order valence-electron chi connectivity index (χ3n) is 5.00. The highest BCUT2D eigenvalue weighted by molar-refractivity contribution is 6.77. The molecule has 122 valence electrons. The molecule has 22 heavy (non-hydrogen) atoms. The summed E-state index contributed by atoms with van der Waals surface area (Å²) in [5.41, 5.74) is 4.35. The molecule has 0 saturated heterocycles. The largest absolute Gasteiger partial charge is 0.416 e. The third kappa shape index (κ3) is 3.13. The van der Waals surface area contributed by atoms with E-state index in [1.54, 1.807) is 0 Å². The van der Waals surface area contributed by atoms with Crippen molar-refractivity contribution >= 4 is 19.2 Å². The maximum atomic E-state index is 6.65. The fraction of sp³-hybridized carbons (Fsp3) is 0.611. The van der Waals surface area contributed by atoms with Crippen molar-refractivity contribution in [1.29, 1.82) is 0 Å². The lowest BCUT2D eigenvalue weighted by atomic mass is 10.1. The summed E-state index contributed by atoms with van der Waals surface area (Å²) in [4.78, 5) is 7.46. The normalized spacial score (nSPS) is 13.0. The molecule has 0 unspecified atom stereocenters. The van der Waals surface area contributed by atoms with Gasteiger partial charge in [-0.25, -0.2) is 0 Å². The molecule has 1 N–H and O–H groups in total. The van der Waals surface area contributed by atoms with Crippen molar-refractivity contribution in [3.8, 4) is 0 Å². The number of nitrogens with one attached hydrogen (secondary N) is 1. The van der Waals surface area contributed by atoms with E-state index in [-0.39, 0.29) is 0 Å². The molecule has 2 aromatic rings. The number of hydrogen-bond acceptors (Lipinski definition) is 2. The van der Waals surface area contributed by atoms with Crippen LogP contribution in [-0.4, -0.2) is 24.9 Å². The van der Waals surface area contributed by atoms with Crippen LogP contribution in [0.15, 0.2) is 24.7 Å². The van der Waals surface area contributed by atoms with Gasteiger partial charge in [0.25, 0.3) is 0 Å². The fourth-order valence-electron chi connectivity index (χ4n) is 4.08. The molecule has 4 heteroatoms. The summed E-state index contributed by atoms with van der Waals surface area (Å²) < 4.78 is 6.65. The number of rotatable bonds is 7. The summed E-state index contributed by atoms with van der Waals surface area (Å²) in [6.07, 6.45) is 6.80. The first kappa shape index (κ1) is 17.2. The smallest absolute Gasteiger partial charge is 0.200 e. The lowest BCUT2D eigenvalue weighted by molar-refractivity contribution is 0.281. The van der Waals surface area contributed by atoms with E-state index in [9.17, 15) is 0 Å². The fourth-order valence-corrected chi connectivity index (χ4v) is 9.53. The number of nitrogens with zero attached hydrogens (tertiary/aromatic N) is 1. The van der Waals surface area contributed by atoms with Gasteiger partial charge in [0.15, 0.2) is 8.32 Å². The van der Waals surface area contributed by atoms with E-state index in [4.69, 9.17) is 4.43 Å². The van der Waals surface area contributed by atoms with Crippen LogP contribution in [0.1, 0.15) is 47.1 Å². The average molecular weight is 319 g/mol. The number of hydrogen-bond donors (Lipinski definition) is 1. The van der Waals surface area contributed by atoms with Crippen LogP contribution in [0.4, 0.5) is 0 Å². The van der Waals surface area contributed by atoms with Gasteiger partial charge in [-0.15, -0.1) is 0 Å². The minimum atomic E-state index is -1.75.